The Morgan fingerprint density at radius 2 is 1.78 bits per heavy atom. The van der Waals surface area contributed by atoms with Crippen LogP contribution in [-0.2, 0) is 4.74 Å². The Balaban J connectivity index is 1.67. The molecule has 0 radical (unpaired) electrons. The van der Waals surface area contributed by atoms with Crippen molar-refractivity contribution in [3.63, 3.8) is 0 Å². The summed E-state index contributed by atoms with van der Waals surface area (Å²) in [7, 11) is 1.64. The van der Waals surface area contributed by atoms with Crippen LogP contribution in [0.25, 0.3) is 0 Å². The second-order valence-electron chi connectivity index (χ2n) is 5.72. The van der Waals surface area contributed by atoms with Crippen molar-refractivity contribution in [2.45, 2.75) is 0 Å². The number of benzene rings is 2. The molecule has 0 fully saturated rings. The van der Waals surface area contributed by atoms with Crippen LogP contribution in [0.4, 0.5) is 11.5 Å². The Labute approximate surface area is 158 Å². The number of methoxy groups -OCH3 is 1. The predicted octanol–water partition coefficient (Wildman–Crippen LogP) is 4.18. The van der Waals surface area contributed by atoms with E-state index in [0.29, 0.717) is 41.7 Å². The third-order valence-electron chi connectivity index (χ3n) is 3.74. The molecule has 1 amide bonds. The van der Waals surface area contributed by atoms with Crippen LogP contribution in [0.3, 0.4) is 0 Å². The van der Waals surface area contributed by atoms with Crippen LogP contribution in [-0.4, -0.2) is 31.2 Å². The van der Waals surface area contributed by atoms with Crippen LogP contribution in [0.5, 0.6) is 11.5 Å². The van der Waals surface area contributed by atoms with Crippen LogP contribution in [0.15, 0.2) is 72.9 Å². The average Bonchev–Trinajstić information content (AvgIpc) is 2.71. The zero-order valence-corrected chi connectivity index (χ0v) is 15.0. The maximum atomic E-state index is 12.5. The quantitative estimate of drug-likeness (QED) is 0.587. The zero-order chi connectivity index (χ0) is 18.9. The van der Waals surface area contributed by atoms with Crippen molar-refractivity contribution in [2.75, 3.05) is 30.9 Å². The topological polar surface area (TPSA) is 72.5 Å². The molecule has 0 unspecified atom stereocenters. The summed E-state index contributed by atoms with van der Waals surface area (Å²) in [5.41, 5.74) is 1.05. The number of rotatable bonds is 8. The fraction of sp³-hybridized carbons (Fsp3) is 0.143. The highest BCUT2D eigenvalue weighted by molar-refractivity contribution is 6.04. The molecular weight excluding hydrogens is 342 g/mol. The number of carbonyl (C=O) groups excluding carboxylic acids is 1. The van der Waals surface area contributed by atoms with E-state index < -0.39 is 0 Å². The molecule has 1 aromatic heterocycles. The molecule has 6 heteroatoms. The van der Waals surface area contributed by atoms with E-state index in [9.17, 15) is 4.79 Å². The van der Waals surface area contributed by atoms with Crippen molar-refractivity contribution >= 4 is 17.4 Å². The second-order valence-corrected chi connectivity index (χ2v) is 5.72. The molecule has 138 valence electrons. The van der Waals surface area contributed by atoms with Crippen LogP contribution in [0.1, 0.15) is 10.4 Å². The van der Waals surface area contributed by atoms with E-state index >= 15 is 0 Å². The number of ether oxygens (including phenoxy) is 2. The van der Waals surface area contributed by atoms with Gasteiger partial charge in [-0.15, -0.1) is 0 Å². The summed E-state index contributed by atoms with van der Waals surface area (Å²) < 4.78 is 10.8. The maximum Gasteiger partial charge on any atom is 0.257 e. The van der Waals surface area contributed by atoms with Crippen molar-refractivity contribution in [1.82, 2.24) is 4.98 Å². The summed E-state index contributed by atoms with van der Waals surface area (Å²) in [6, 6.07) is 20.2. The molecule has 0 aliphatic heterocycles. The number of carbonyl (C=O) groups is 1. The molecule has 0 bridgehead atoms. The Kier molecular flexibility index (Phi) is 6.38. The fourth-order valence-corrected chi connectivity index (χ4v) is 2.38. The minimum Gasteiger partial charge on any atom is -0.455 e. The van der Waals surface area contributed by atoms with Crippen LogP contribution in [0, 0.1) is 0 Å². The number of pyridine rings is 1. The van der Waals surface area contributed by atoms with Gasteiger partial charge < -0.3 is 20.1 Å². The molecule has 3 aromatic rings. The van der Waals surface area contributed by atoms with Crippen molar-refractivity contribution in [2.24, 2.45) is 0 Å². The third kappa shape index (κ3) is 5.29. The van der Waals surface area contributed by atoms with E-state index in [4.69, 9.17) is 9.47 Å². The van der Waals surface area contributed by atoms with Gasteiger partial charge in [0.05, 0.1) is 17.9 Å². The van der Waals surface area contributed by atoms with Gasteiger partial charge in [0.15, 0.2) is 5.75 Å². The molecule has 2 aromatic carbocycles. The minimum absolute atomic E-state index is 0.255. The molecule has 0 aliphatic carbocycles. The minimum atomic E-state index is -0.255. The molecule has 0 saturated heterocycles. The first-order chi connectivity index (χ1) is 13.3. The van der Waals surface area contributed by atoms with Gasteiger partial charge in [-0.3, -0.25) is 4.79 Å². The number of aromatic nitrogens is 1. The van der Waals surface area contributed by atoms with Crippen molar-refractivity contribution in [3.05, 3.63) is 78.5 Å². The van der Waals surface area contributed by atoms with Gasteiger partial charge in [-0.05, 0) is 36.4 Å². The largest absolute Gasteiger partial charge is 0.455 e. The van der Waals surface area contributed by atoms with Crippen LogP contribution < -0.4 is 15.4 Å². The molecule has 27 heavy (non-hydrogen) atoms. The highest BCUT2D eigenvalue weighted by Crippen LogP contribution is 2.29. The Bertz CT molecular complexity index is 867. The van der Waals surface area contributed by atoms with Gasteiger partial charge in [0.2, 0.25) is 0 Å². The number of amides is 1. The number of hydrogen-bond acceptors (Lipinski definition) is 5. The number of para-hydroxylation sites is 3. The van der Waals surface area contributed by atoms with E-state index in [-0.39, 0.29) is 5.91 Å². The Morgan fingerprint density at radius 1 is 1.00 bits per heavy atom. The molecule has 0 spiro atoms. The van der Waals surface area contributed by atoms with Gasteiger partial charge in [0.25, 0.3) is 5.91 Å². The van der Waals surface area contributed by atoms with E-state index in [0.717, 1.165) is 0 Å². The van der Waals surface area contributed by atoms with E-state index in [1.54, 1.807) is 25.3 Å². The SMILES string of the molecule is COCCNc1ccc(C(=O)Nc2ccccc2Oc2ccccc2)cn1. The summed E-state index contributed by atoms with van der Waals surface area (Å²) >= 11 is 0. The third-order valence-corrected chi connectivity index (χ3v) is 3.74. The summed E-state index contributed by atoms with van der Waals surface area (Å²) in [6.45, 7) is 1.24. The lowest BCUT2D eigenvalue weighted by Gasteiger charge is -2.12. The molecular formula is C21H21N3O3. The lowest BCUT2D eigenvalue weighted by Crippen LogP contribution is -2.14. The van der Waals surface area contributed by atoms with Crippen LogP contribution in [0.2, 0.25) is 0 Å². The van der Waals surface area contributed by atoms with E-state index in [1.807, 2.05) is 48.5 Å². The van der Waals surface area contributed by atoms with Crippen molar-refractivity contribution in [1.29, 1.82) is 0 Å². The Hall–Kier alpha value is -3.38. The van der Waals surface area contributed by atoms with Crippen molar-refractivity contribution < 1.29 is 14.3 Å². The van der Waals surface area contributed by atoms with E-state index in [2.05, 4.69) is 15.6 Å². The van der Waals surface area contributed by atoms with Gasteiger partial charge in [0, 0.05) is 19.9 Å². The lowest BCUT2D eigenvalue weighted by atomic mass is 10.2. The van der Waals surface area contributed by atoms with E-state index in [1.165, 1.54) is 6.20 Å². The van der Waals surface area contributed by atoms with Gasteiger partial charge >= 0.3 is 0 Å². The number of nitrogens with one attached hydrogen (secondary N) is 2. The summed E-state index contributed by atoms with van der Waals surface area (Å²) in [5, 5.41) is 5.98. The van der Waals surface area contributed by atoms with Crippen LogP contribution >= 0.6 is 0 Å². The highest BCUT2D eigenvalue weighted by Gasteiger charge is 2.11. The molecule has 1 heterocycles. The van der Waals surface area contributed by atoms with Gasteiger partial charge in [0.1, 0.15) is 11.6 Å². The molecule has 0 aliphatic rings. The molecule has 0 saturated carbocycles. The monoisotopic (exact) mass is 363 g/mol. The normalized spacial score (nSPS) is 10.3. The van der Waals surface area contributed by atoms with Crippen molar-refractivity contribution in [3.8, 4) is 11.5 Å². The summed E-state index contributed by atoms with van der Waals surface area (Å²) in [5.74, 6) is 1.71. The second kappa shape index (κ2) is 9.35. The fourth-order valence-electron chi connectivity index (χ4n) is 2.38. The first kappa shape index (κ1) is 18.4. The standard InChI is InChI=1S/C21H21N3O3/c1-26-14-13-22-20-12-11-16(15-23-20)21(25)24-18-9-5-6-10-19(18)27-17-7-3-2-4-8-17/h2-12,15H,13-14H2,1H3,(H,22,23)(H,24,25). The number of nitrogens with zero attached hydrogens (tertiary/aromatic N) is 1. The number of anilines is 2. The highest BCUT2D eigenvalue weighted by atomic mass is 16.5. The average molecular weight is 363 g/mol. The smallest absolute Gasteiger partial charge is 0.257 e. The maximum absolute atomic E-state index is 12.5. The molecule has 3 rings (SSSR count). The van der Waals surface area contributed by atoms with Gasteiger partial charge in [-0.2, -0.15) is 0 Å². The van der Waals surface area contributed by atoms with Gasteiger partial charge in [-0.1, -0.05) is 30.3 Å². The molecule has 6 nitrogen and oxygen atoms in total. The molecule has 2 N–H and O–H groups in total. The lowest BCUT2D eigenvalue weighted by molar-refractivity contribution is 0.102. The first-order valence-electron chi connectivity index (χ1n) is 8.58. The van der Waals surface area contributed by atoms with Gasteiger partial charge in [-0.25, -0.2) is 4.98 Å². The molecule has 0 atom stereocenters. The first-order valence-corrected chi connectivity index (χ1v) is 8.58. The predicted molar refractivity (Wildman–Crippen MR) is 106 cm³/mol. The number of hydrogen-bond donors (Lipinski definition) is 2. The summed E-state index contributed by atoms with van der Waals surface area (Å²) in [6.07, 6.45) is 1.53. The summed E-state index contributed by atoms with van der Waals surface area (Å²) in [4.78, 5) is 16.8. The zero-order valence-electron chi connectivity index (χ0n) is 15.0. The Morgan fingerprint density at radius 3 is 2.52 bits per heavy atom.